The molecule has 3 unspecified atom stereocenters. The van der Waals surface area contributed by atoms with Gasteiger partial charge in [-0.25, -0.2) is 9.97 Å². The van der Waals surface area contributed by atoms with Crippen molar-refractivity contribution in [1.29, 1.82) is 0 Å². The molecule has 2 saturated heterocycles. The number of nitrogens with zero attached hydrogens (tertiary/aromatic N) is 6. The molecule has 2 aliphatic carbocycles. The molecule has 0 spiro atoms. The maximum absolute atomic E-state index is 14.0. The van der Waals surface area contributed by atoms with Crippen LogP contribution < -0.4 is 5.73 Å². The number of rotatable bonds is 7. The van der Waals surface area contributed by atoms with Crippen molar-refractivity contribution < 1.29 is 9.59 Å². The van der Waals surface area contributed by atoms with Gasteiger partial charge >= 0.3 is 0 Å². The molecule has 4 aliphatic rings. The first kappa shape index (κ1) is 28.8. The Hall–Kier alpha value is -4.44. The standard InChI is InChI=1S/C37H38BN7O2/c1-22-14-27(36(47)44-21-28-11-12-31(44)37(28,38)39)15-29-32(22)45(20-24-17-42(18-24)35(46)25-6-3-2-4-7-25)34(41-29)30-16-26-8-5-13-40-33(26)43(30)19-23-9-10-23/h2-8,13-16,23-24,28,31H,9-12,17-21,39H2,1H3. The number of aromatic nitrogens is 4. The molecular formula is C37H38BN7O2. The maximum Gasteiger partial charge on any atom is 0.254 e. The number of pyridine rings is 1. The number of aryl methyl sites for hydroxylation is 1. The van der Waals surface area contributed by atoms with E-state index in [1.165, 1.54) is 12.8 Å². The van der Waals surface area contributed by atoms with E-state index in [4.69, 9.17) is 23.5 Å². The Kier molecular flexibility index (Phi) is 6.45. The molecule has 2 aromatic carbocycles. The van der Waals surface area contributed by atoms with Crippen molar-refractivity contribution in [2.75, 3.05) is 19.6 Å². The van der Waals surface area contributed by atoms with E-state index in [9.17, 15) is 9.59 Å². The van der Waals surface area contributed by atoms with Gasteiger partial charge in [0.15, 0.2) is 5.82 Å². The van der Waals surface area contributed by atoms with Crippen LogP contribution in [-0.2, 0) is 13.1 Å². The fourth-order valence-corrected chi connectivity index (χ4v) is 8.42. The smallest absolute Gasteiger partial charge is 0.254 e. The second kappa shape index (κ2) is 10.5. The number of nitrogens with two attached hydrogens (primary N) is 1. The van der Waals surface area contributed by atoms with Gasteiger partial charge in [-0.3, -0.25) is 9.59 Å². The molecular weight excluding hydrogens is 585 g/mol. The number of amides is 2. The van der Waals surface area contributed by atoms with Gasteiger partial charge in [-0.1, -0.05) is 18.2 Å². The summed E-state index contributed by atoms with van der Waals surface area (Å²) in [6.45, 7) is 5.67. The summed E-state index contributed by atoms with van der Waals surface area (Å²) >= 11 is 0. The van der Waals surface area contributed by atoms with Crippen molar-refractivity contribution in [3.8, 4) is 11.5 Å². The van der Waals surface area contributed by atoms with Crippen LogP contribution in [0.5, 0.6) is 0 Å². The number of benzene rings is 2. The molecule has 2 N–H and O–H groups in total. The number of hydrogen-bond donors (Lipinski definition) is 1. The third-order valence-corrected chi connectivity index (χ3v) is 11.1. The molecule has 10 heteroatoms. The minimum Gasteiger partial charge on any atom is -0.338 e. The first-order chi connectivity index (χ1) is 22.8. The zero-order chi connectivity index (χ0) is 32.0. The monoisotopic (exact) mass is 623 g/mol. The largest absolute Gasteiger partial charge is 0.338 e. The van der Waals surface area contributed by atoms with E-state index >= 15 is 0 Å². The van der Waals surface area contributed by atoms with E-state index in [0.29, 0.717) is 31.1 Å². The third-order valence-electron chi connectivity index (χ3n) is 11.1. The highest BCUT2D eigenvalue weighted by Gasteiger charge is 2.54. The molecule has 2 bridgehead atoms. The van der Waals surface area contributed by atoms with Gasteiger partial charge in [0.1, 0.15) is 5.65 Å². The topological polar surface area (TPSA) is 102 Å². The van der Waals surface area contributed by atoms with Crippen LogP contribution in [0.25, 0.3) is 33.6 Å². The van der Waals surface area contributed by atoms with Crippen molar-refractivity contribution in [3.05, 3.63) is 83.6 Å². The number of piperidine rings is 1. The van der Waals surface area contributed by atoms with Crippen LogP contribution in [0.3, 0.4) is 0 Å². The zero-order valence-electron chi connectivity index (χ0n) is 26.7. The molecule has 4 fully saturated rings. The van der Waals surface area contributed by atoms with E-state index in [-0.39, 0.29) is 29.7 Å². The fourth-order valence-electron chi connectivity index (χ4n) is 8.42. The molecule has 2 amide bonds. The molecule has 9 nitrogen and oxygen atoms in total. The van der Waals surface area contributed by atoms with E-state index < -0.39 is 5.44 Å². The van der Waals surface area contributed by atoms with Gasteiger partial charge in [-0.15, -0.1) is 0 Å². The van der Waals surface area contributed by atoms with Crippen LogP contribution in [0.1, 0.15) is 52.0 Å². The van der Waals surface area contributed by atoms with Gasteiger partial charge in [0.05, 0.1) is 24.6 Å². The van der Waals surface area contributed by atoms with Gasteiger partial charge in [0.2, 0.25) is 0 Å². The quantitative estimate of drug-likeness (QED) is 0.267. The summed E-state index contributed by atoms with van der Waals surface area (Å²) in [4.78, 5) is 41.0. The van der Waals surface area contributed by atoms with E-state index in [1.807, 2.05) is 64.5 Å². The summed E-state index contributed by atoms with van der Waals surface area (Å²) in [5.74, 6) is 1.97. The molecule has 2 radical (unpaired) electrons. The second-order valence-corrected chi connectivity index (χ2v) is 14.4. The van der Waals surface area contributed by atoms with Crippen LogP contribution in [0.2, 0.25) is 0 Å². The van der Waals surface area contributed by atoms with Crippen molar-refractivity contribution in [3.63, 3.8) is 0 Å². The Balaban J connectivity index is 1.11. The zero-order valence-corrected chi connectivity index (χ0v) is 26.7. The van der Waals surface area contributed by atoms with Gasteiger partial charge in [-0.05, 0) is 92.5 Å². The first-order valence-corrected chi connectivity index (χ1v) is 16.9. The van der Waals surface area contributed by atoms with Crippen LogP contribution in [0, 0.1) is 24.7 Å². The lowest BCUT2D eigenvalue weighted by Gasteiger charge is -2.40. The summed E-state index contributed by atoms with van der Waals surface area (Å²) < 4.78 is 4.66. The van der Waals surface area contributed by atoms with Crippen molar-refractivity contribution in [2.24, 2.45) is 23.5 Å². The Bertz CT molecular complexity index is 2060. The lowest BCUT2D eigenvalue weighted by Crippen LogP contribution is -2.52. The van der Waals surface area contributed by atoms with Crippen LogP contribution >= 0.6 is 0 Å². The Morgan fingerprint density at radius 1 is 0.894 bits per heavy atom. The summed E-state index contributed by atoms with van der Waals surface area (Å²) in [6, 6.07) is 19.6. The highest BCUT2D eigenvalue weighted by Crippen LogP contribution is 2.43. The highest BCUT2D eigenvalue weighted by molar-refractivity contribution is 6.17. The predicted octanol–water partition coefficient (Wildman–Crippen LogP) is 4.60. The van der Waals surface area contributed by atoms with Gasteiger partial charge in [0.25, 0.3) is 11.8 Å². The highest BCUT2D eigenvalue weighted by atomic mass is 16.2. The molecule has 5 aromatic rings. The molecule has 9 rings (SSSR count). The number of likely N-dealkylation sites (tertiary alicyclic amines) is 2. The first-order valence-electron chi connectivity index (χ1n) is 16.9. The molecule has 236 valence electrons. The number of carbonyl (C=O) groups excluding carboxylic acids is 2. The van der Waals surface area contributed by atoms with Crippen molar-refractivity contribution >= 4 is 41.7 Å². The minimum atomic E-state index is -0.828. The predicted molar refractivity (Wildman–Crippen MR) is 182 cm³/mol. The number of imidazole rings is 1. The molecule has 2 saturated carbocycles. The average Bonchev–Trinajstić information content (AvgIpc) is 3.51. The van der Waals surface area contributed by atoms with E-state index in [2.05, 4.69) is 28.2 Å². The fraction of sp³-hybridized carbons (Fsp3) is 0.405. The maximum atomic E-state index is 14.0. The number of hydrogen-bond acceptors (Lipinski definition) is 5. The number of fused-ring (bicyclic) bond motifs is 4. The summed E-state index contributed by atoms with van der Waals surface area (Å²) in [6.07, 6.45) is 6.12. The molecule has 2 aliphatic heterocycles. The molecule has 3 aromatic heterocycles. The van der Waals surface area contributed by atoms with Crippen LogP contribution in [-0.4, -0.2) is 79.7 Å². The SMILES string of the molecule is [B]C1(N)C2CCC1N(C(=O)c1cc(C)c3c(c1)nc(-c1cc4cccnc4n1CC1CC1)n3CC1CN(C(=O)c3ccccc3)C1)C2. The van der Waals surface area contributed by atoms with Gasteiger partial charge in [-0.2, -0.15) is 0 Å². The Morgan fingerprint density at radius 3 is 2.40 bits per heavy atom. The summed E-state index contributed by atoms with van der Waals surface area (Å²) in [7, 11) is 6.49. The summed E-state index contributed by atoms with van der Waals surface area (Å²) in [5.41, 5.74) is 11.8. The molecule has 47 heavy (non-hydrogen) atoms. The van der Waals surface area contributed by atoms with Gasteiger partial charge < -0.3 is 24.7 Å². The lowest BCUT2D eigenvalue weighted by atomic mass is 9.71. The Labute approximate surface area is 275 Å². The molecule has 5 heterocycles. The van der Waals surface area contributed by atoms with Gasteiger partial charge in [0, 0.05) is 72.8 Å². The van der Waals surface area contributed by atoms with Crippen molar-refractivity contribution in [2.45, 2.75) is 57.2 Å². The average molecular weight is 624 g/mol. The third kappa shape index (κ3) is 4.63. The minimum absolute atomic E-state index is 0.0281. The number of carbonyl (C=O) groups is 2. The van der Waals surface area contributed by atoms with Crippen LogP contribution in [0.4, 0.5) is 0 Å². The van der Waals surface area contributed by atoms with Crippen LogP contribution in [0.15, 0.2) is 66.9 Å². The Morgan fingerprint density at radius 2 is 1.68 bits per heavy atom. The van der Waals surface area contributed by atoms with E-state index in [0.717, 1.165) is 70.6 Å². The summed E-state index contributed by atoms with van der Waals surface area (Å²) in [5, 5.41) is 1.09. The second-order valence-electron chi connectivity index (χ2n) is 14.4. The van der Waals surface area contributed by atoms with E-state index in [1.54, 1.807) is 0 Å². The molecule has 3 atom stereocenters. The normalized spacial score (nSPS) is 24.0. The lowest BCUT2D eigenvalue weighted by molar-refractivity contribution is 0.0471. The van der Waals surface area contributed by atoms with Crippen molar-refractivity contribution in [1.82, 2.24) is 28.9 Å².